The molecular formula is C17H22BrN3O3. The Kier molecular flexibility index (Phi) is 7.11. The lowest BCUT2D eigenvalue weighted by Gasteiger charge is -2.13. The third kappa shape index (κ3) is 4.99. The zero-order valence-corrected chi connectivity index (χ0v) is 15.5. The van der Waals surface area contributed by atoms with Crippen LogP contribution in [0.25, 0.3) is 0 Å². The summed E-state index contributed by atoms with van der Waals surface area (Å²) in [6.07, 6.45) is 7.37. The van der Waals surface area contributed by atoms with Crippen LogP contribution in [0.5, 0.6) is 11.5 Å². The molecule has 0 unspecified atom stereocenters. The van der Waals surface area contributed by atoms with Gasteiger partial charge in [0.15, 0.2) is 11.5 Å². The predicted octanol–water partition coefficient (Wildman–Crippen LogP) is 3.26. The number of nitrogens with zero attached hydrogens (tertiary/aromatic N) is 2. The van der Waals surface area contributed by atoms with E-state index in [0.717, 1.165) is 19.4 Å². The van der Waals surface area contributed by atoms with E-state index >= 15 is 0 Å². The van der Waals surface area contributed by atoms with Crippen LogP contribution in [0.15, 0.2) is 35.3 Å². The van der Waals surface area contributed by atoms with Crippen molar-refractivity contribution in [3.05, 3.63) is 40.9 Å². The van der Waals surface area contributed by atoms with Gasteiger partial charge in [-0.15, -0.1) is 0 Å². The molecule has 0 aliphatic rings. The number of hydrogen-bond acceptors (Lipinski definition) is 4. The van der Waals surface area contributed by atoms with Crippen molar-refractivity contribution in [2.24, 2.45) is 0 Å². The van der Waals surface area contributed by atoms with E-state index in [4.69, 9.17) is 9.47 Å². The lowest BCUT2D eigenvalue weighted by Crippen LogP contribution is -2.24. The van der Waals surface area contributed by atoms with E-state index in [1.807, 2.05) is 17.7 Å². The van der Waals surface area contributed by atoms with Crippen LogP contribution < -0.4 is 14.8 Å². The third-order valence-corrected chi connectivity index (χ3v) is 4.06. The van der Waals surface area contributed by atoms with Gasteiger partial charge in [0.25, 0.3) is 5.91 Å². The zero-order chi connectivity index (χ0) is 17.4. The first-order valence-corrected chi connectivity index (χ1v) is 8.69. The van der Waals surface area contributed by atoms with Crippen molar-refractivity contribution < 1.29 is 14.3 Å². The summed E-state index contributed by atoms with van der Waals surface area (Å²) in [5.74, 6) is 1.02. The molecule has 0 saturated heterocycles. The molecule has 1 heterocycles. The van der Waals surface area contributed by atoms with Crippen LogP contribution in [0.3, 0.4) is 0 Å². The summed E-state index contributed by atoms with van der Waals surface area (Å²) in [7, 11) is 1.56. The second-order valence-electron chi connectivity index (χ2n) is 5.19. The van der Waals surface area contributed by atoms with E-state index in [2.05, 4.69) is 26.2 Å². The molecule has 1 aromatic heterocycles. The number of methoxy groups -OCH3 is 1. The molecule has 7 heteroatoms. The molecule has 0 bridgehead atoms. The topological polar surface area (TPSA) is 65.4 Å². The van der Waals surface area contributed by atoms with Gasteiger partial charge in [-0.25, -0.2) is 4.98 Å². The molecule has 0 fully saturated rings. The van der Waals surface area contributed by atoms with Crippen LogP contribution in [-0.4, -0.2) is 35.7 Å². The van der Waals surface area contributed by atoms with Crippen molar-refractivity contribution in [3.63, 3.8) is 0 Å². The average molecular weight is 396 g/mol. The van der Waals surface area contributed by atoms with Crippen LogP contribution in [0, 0.1) is 0 Å². The highest BCUT2D eigenvalue weighted by atomic mass is 79.9. The van der Waals surface area contributed by atoms with Crippen molar-refractivity contribution >= 4 is 21.8 Å². The monoisotopic (exact) mass is 395 g/mol. The minimum atomic E-state index is -0.125. The van der Waals surface area contributed by atoms with Crippen molar-refractivity contribution in [2.75, 3.05) is 20.3 Å². The normalized spacial score (nSPS) is 10.5. The van der Waals surface area contributed by atoms with E-state index in [1.165, 1.54) is 0 Å². The summed E-state index contributed by atoms with van der Waals surface area (Å²) in [5.41, 5.74) is 0.539. The van der Waals surface area contributed by atoms with Crippen molar-refractivity contribution in [3.8, 4) is 11.5 Å². The van der Waals surface area contributed by atoms with Crippen molar-refractivity contribution in [2.45, 2.75) is 26.3 Å². The maximum Gasteiger partial charge on any atom is 0.251 e. The fourth-order valence-electron chi connectivity index (χ4n) is 2.28. The number of hydrogen-bond donors (Lipinski definition) is 1. The Balaban J connectivity index is 1.86. The summed E-state index contributed by atoms with van der Waals surface area (Å²) in [6.45, 7) is 3.95. The highest BCUT2D eigenvalue weighted by molar-refractivity contribution is 9.10. The van der Waals surface area contributed by atoms with E-state index in [0.29, 0.717) is 34.7 Å². The van der Waals surface area contributed by atoms with Gasteiger partial charge in [0.2, 0.25) is 0 Å². The summed E-state index contributed by atoms with van der Waals surface area (Å²) in [4.78, 5) is 16.3. The van der Waals surface area contributed by atoms with Crippen LogP contribution in [0.4, 0.5) is 0 Å². The highest BCUT2D eigenvalue weighted by Gasteiger charge is 2.15. The Morgan fingerprint density at radius 2 is 2.21 bits per heavy atom. The van der Waals surface area contributed by atoms with Gasteiger partial charge < -0.3 is 19.4 Å². The second-order valence-corrected chi connectivity index (χ2v) is 6.04. The number of halogens is 1. The Labute approximate surface area is 150 Å². The molecule has 6 nitrogen and oxygen atoms in total. The molecule has 0 aliphatic carbocycles. The number of aromatic nitrogens is 2. The Morgan fingerprint density at radius 3 is 2.88 bits per heavy atom. The number of ether oxygens (including phenoxy) is 2. The van der Waals surface area contributed by atoms with Crippen LogP contribution in [-0.2, 0) is 6.54 Å². The number of carbonyl (C=O) groups is 1. The standard InChI is InChI=1S/C17H22BrN3O3/c1-3-24-16-14(18)10-13(11-15(16)23-2)17(22)20-6-4-5-8-21-9-7-19-12-21/h7,9-12H,3-6,8H2,1-2H3,(H,20,22). The summed E-state index contributed by atoms with van der Waals surface area (Å²) >= 11 is 3.43. The number of imidazole rings is 1. The van der Waals surface area contributed by atoms with Gasteiger partial charge in [-0.2, -0.15) is 0 Å². The number of nitrogens with one attached hydrogen (secondary N) is 1. The molecule has 0 saturated carbocycles. The number of carbonyl (C=O) groups excluding carboxylic acids is 1. The molecule has 0 spiro atoms. The molecule has 0 aliphatic heterocycles. The van der Waals surface area contributed by atoms with Crippen molar-refractivity contribution in [1.29, 1.82) is 0 Å². The number of benzene rings is 1. The maximum absolute atomic E-state index is 12.3. The first-order valence-electron chi connectivity index (χ1n) is 7.90. The number of aryl methyl sites for hydroxylation is 1. The van der Waals surface area contributed by atoms with Gasteiger partial charge in [-0.1, -0.05) is 0 Å². The number of amides is 1. The summed E-state index contributed by atoms with van der Waals surface area (Å²) in [6, 6.07) is 3.44. The van der Waals surface area contributed by atoms with Gasteiger partial charge in [-0.3, -0.25) is 4.79 Å². The fraction of sp³-hybridized carbons (Fsp3) is 0.412. The molecule has 0 radical (unpaired) electrons. The fourth-order valence-corrected chi connectivity index (χ4v) is 2.83. The van der Waals surface area contributed by atoms with Gasteiger partial charge in [0, 0.05) is 31.0 Å². The first kappa shape index (κ1) is 18.3. The predicted molar refractivity (Wildman–Crippen MR) is 95.7 cm³/mol. The lowest BCUT2D eigenvalue weighted by molar-refractivity contribution is 0.0952. The number of rotatable bonds is 9. The minimum Gasteiger partial charge on any atom is -0.493 e. The molecule has 1 amide bonds. The third-order valence-electron chi connectivity index (χ3n) is 3.47. The molecule has 0 atom stereocenters. The first-order chi connectivity index (χ1) is 11.7. The quantitative estimate of drug-likeness (QED) is 0.661. The Hall–Kier alpha value is -2.02. The second kappa shape index (κ2) is 9.32. The van der Waals surface area contributed by atoms with Gasteiger partial charge >= 0.3 is 0 Å². The molecule has 1 aromatic carbocycles. The summed E-state index contributed by atoms with van der Waals surface area (Å²) < 4.78 is 13.6. The Morgan fingerprint density at radius 1 is 1.38 bits per heavy atom. The Bertz CT molecular complexity index is 659. The van der Waals surface area contributed by atoms with E-state index in [1.54, 1.807) is 31.8 Å². The highest BCUT2D eigenvalue weighted by Crippen LogP contribution is 2.36. The minimum absolute atomic E-state index is 0.125. The zero-order valence-electron chi connectivity index (χ0n) is 13.9. The van der Waals surface area contributed by atoms with E-state index < -0.39 is 0 Å². The largest absolute Gasteiger partial charge is 0.493 e. The lowest BCUT2D eigenvalue weighted by atomic mass is 10.2. The molecule has 2 rings (SSSR count). The molecular weight excluding hydrogens is 374 g/mol. The molecule has 1 N–H and O–H groups in total. The molecule has 130 valence electrons. The average Bonchev–Trinajstić information content (AvgIpc) is 3.09. The number of unbranched alkanes of at least 4 members (excludes halogenated alkanes) is 1. The van der Waals surface area contributed by atoms with E-state index in [9.17, 15) is 4.79 Å². The van der Waals surface area contributed by atoms with Gasteiger partial charge in [0.1, 0.15) is 0 Å². The molecule has 24 heavy (non-hydrogen) atoms. The summed E-state index contributed by atoms with van der Waals surface area (Å²) in [5, 5.41) is 2.93. The smallest absolute Gasteiger partial charge is 0.251 e. The van der Waals surface area contributed by atoms with Crippen LogP contribution >= 0.6 is 15.9 Å². The molecule has 2 aromatic rings. The van der Waals surface area contributed by atoms with Crippen LogP contribution in [0.1, 0.15) is 30.1 Å². The van der Waals surface area contributed by atoms with Gasteiger partial charge in [-0.05, 0) is 47.8 Å². The SMILES string of the molecule is CCOc1c(Br)cc(C(=O)NCCCCn2ccnc2)cc1OC. The van der Waals surface area contributed by atoms with Gasteiger partial charge in [0.05, 0.1) is 24.5 Å². The van der Waals surface area contributed by atoms with Crippen LogP contribution in [0.2, 0.25) is 0 Å². The van der Waals surface area contributed by atoms with E-state index in [-0.39, 0.29) is 5.91 Å². The van der Waals surface area contributed by atoms with Crippen molar-refractivity contribution in [1.82, 2.24) is 14.9 Å². The maximum atomic E-state index is 12.3.